The summed E-state index contributed by atoms with van der Waals surface area (Å²) in [6.07, 6.45) is 1.26. The Morgan fingerprint density at radius 3 is 2.45 bits per heavy atom. The zero-order valence-electron chi connectivity index (χ0n) is 14.7. The molecule has 0 unspecified atom stereocenters. The predicted octanol–water partition coefficient (Wildman–Crippen LogP) is 2.33. The molecule has 144 valence electrons. The van der Waals surface area contributed by atoms with E-state index in [1.54, 1.807) is 48.5 Å². The van der Waals surface area contributed by atoms with Crippen LogP contribution in [0, 0.1) is 0 Å². The van der Waals surface area contributed by atoms with Crippen molar-refractivity contribution >= 4 is 40.9 Å². The molecule has 7 nitrogen and oxygen atoms in total. The summed E-state index contributed by atoms with van der Waals surface area (Å²) in [5.74, 6) is -2.29. The van der Waals surface area contributed by atoms with Crippen LogP contribution < -0.4 is 10.2 Å². The minimum absolute atomic E-state index is 0.0293. The van der Waals surface area contributed by atoms with Gasteiger partial charge >= 0.3 is 0 Å². The van der Waals surface area contributed by atoms with E-state index in [9.17, 15) is 19.8 Å². The van der Waals surface area contributed by atoms with Crippen LogP contribution in [0.1, 0.15) is 16.1 Å². The number of oxazole rings is 1. The topological polar surface area (TPSA) is 119 Å². The van der Waals surface area contributed by atoms with Gasteiger partial charge in [0.25, 0.3) is 5.22 Å². The van der Waals surface area contributed by atoms with E-state index in [2.05, 4.69) is 4.98 Å². The first-order valence-electron chi connectivity index (χ1n) is 8.38. The van der Waals surface area contributed by atoms with Gasteiger partial charge in [0, 0.05) is 16.0 Å². The Kier molecular flexibility index (Phi) is 4.92. The Morgan fingerprint density at radius 1 is 0.931 bits per heavy atom. The molecule has 0 radical (unpaired) electrons. The molecule has 2 aromatic heterocycles. The number of aromatic carboxylic acids is 1. The number of carbonyl (C=O) groups is 2. The van der Waals surface area contributed by atoms with Crippen molar-refractivity contribution in [2.75, 3.05) is 0 Å². The fourth-order valence-electron chi connectivity index (χ4n) is 2.70. The average molecular weight is 405 g/mol. The van der Waals surface area contributed by atoms with Gasteiger partial charge in [-0.05, 0) is 42.1 Å². The largest absolute Gasteiger partial charge is 0.545 e. The van der Waals surface area contributed by atoms with E-state index >= 15 is 0 Å². The van der Waals surface area contributed by atoms with Crippen molar-refractivity contribution in [2.24, 2.45) is 0 Å². The van der Waals surface area contributed by atoms with E-state index in [0.29, 0.717) is 16.7 Å². The highest BCUT2D eigenvalue weighted by Gasteiger charge is 2.13. The zero-order valence-corrected chi connectivity index (χ0v) is 15.5. The van der Waals surface area contributed by atoms with Crippen LogP contribution in [0.25, 0.3) is 28.5 Å². The van der Waals surface area contributed by atoms with E-state index in [-0.39, 0.29) is 27.2 Å². The summed E-state index contributed by atoms with van der Waals surface area (Å²) in [6, 6.07) is 16.3. The number of carboxylic acid groups (broad SMARTS) is 2. The van der Waals surface area contributed by atoms with E-state index in [1.807, 2.05) is 0 Å². The third-order valence-corrected chi connectivity index (χ3v) is 4.84. The highest BCUT2D eigenvalue weighted by atomic mass is 32.2. The second kappa shape index (κ2) is 7.69. The minimum Gasteiger partial charge on any atom is -0.545 e. The number of fused-ring (bicyclic) bond motifs is 1. The fourth-order valence-corrected chi connectivity index (χ4v) is 3.42. The van der Waals surface area contributed by atoms with Crippen molar-refractivity contribution < 1.29 is 28.6 Å². The molecular weight excluding hydrogens is 394 g/mol. The monoisotopic (exact) mass is 405 g/mol. The number of benzene rings is 2. The molecule has 0 aliphatic carbocycles. The number of hydrogen-bond acceptors (Lipinski definition) is 8. The molecule has 0 bridgehead atoms. The maximum Gasteiger partial charge on any atom is 0.261 e. The fraction of sp³-hybridized carbons (Fsp3) is 0. The van der Waals surface area contributed by atoms with Crippen molar-refractivity contribution in [1.29, 1.82) is 0 Å². The lowest BCUT2D eigenvalue weighted by molar-refractivity contribution is -0.298. The van der Waals surface area contributed by atoms with Gasteiger partial charge in [0.1, 0.15) is 17.0 Å². The summed E-state index contributed by atoms with van der Waals surface area (Å²) >= 11 is 0.788. The first kappa shape index (κ1) is 18.6. The molecule has 0 spiro atoms. The van der Waals surface area contributed by atoms with Crippen LogP contribution in [0.4, 0.5) is 0 Å². The number of hydrogen-bond donors (Lipinski definition) is 0. The van der Waals surface area contributed by atoms with Gasteiger partial charge in [-0.2, -0.15) is 0 Å². The summed E-state index contributed by atoms with van der Waals surface area (Å²) in [6.45, 7) is 0. The van der Waals surface area contributed by atoms with Crippen molar-refractivity contribution in [3.05, 3.63) is 76.9 Å². The molecule has 2 aromatic carbocycles. The van der Waals surface area contributed by atoms with E-state index in [1.165, 1.54) is 18.2 Å². The molecule has 0 aliphatic heterocycles. The third-order valence-electron chi connectivity index (χ3n) is 3.99. The van der Waals surface area contributed by atoms with E-state index in [0.717, 1.165) is 11.8 Å². The number of furan rings is 1. The lowest BCUT2D eigenvalue weighted by Gasteiger charge is -2.07. The minimum atomic E-state index is -1.43. The summed E-state index contributed by atoms with van der Waals surface area (Å²) in [5.41, 5.74) is 1.44. The highest BCUT2D eigenvalue weighted by molar-refractivity contribution is 8.03. The van der Waals surface area contributed by atoms with Crippen molar-refractivity contribution in [2.45, 2.75) is 5.22 Å². The van der Waals surface area contributed by atoms with Crippen molar-refractivity contribution in [1.82, 2.24) is 4.98 Å². The van der Waals surface area contributed by atoms with Crippen molar-refractivity contribution in [3.8, 4) is 11.3 Å². The summed E-state index contributed by atoms with van der Waals surface area (Å²) in [7, 11) is 0. The smallest absolute Gasteiger partial charge is 0.261 e. The Labute approximate surface area is 168 Å². The quantitative estimate of drug-likeness (QED) is 0.354. The summed E-state index contributed by atoms with van der Waals surface area (Å²) < 4.78 is 11.1. The number of thioether (sulfide) groups is 1. The molecule has 0 fully saturated rings. The second-order valence-corrected chi connectivity index (χ2v) is 6.87. The first-order valence-corrected chi connectivity index (χ1v) is 9.20. The normalized spacial score (nSPS) is 11.7. The van der Waals surface area contributed by atoms with Crippen LogP contribution in [0.15, 0.2) is 79.6 Å². The van der Waals surface area contributed by atoms with Gasteiger partial charge in [-0.25, -0.2) is 4.98 Å². The predicted molar refractivity (Wildman–Crippen MR) is 101 cm³/mol. The van der Waals surface area contributed by atoms with E-state index < -0.39 is 11.9 Å². The van der Waals surface area contributed by atoms with Crippen molar-refractivity contribution in [3.63, 3.8) is 0 Å². The van der Waals surface area contributed by atoms with Gasteiger partial charge in [-0.15, -0.1) is 0 Å². The standard InChI is InChI=1S/C21H13NO6S/c23-19(24)14-6-2-1-5-13(14)16-10-9-12(27-16)11-18(20(25)26)29-21-22-15-7-3-4-8-17(15)28-21/h1-11H,(H,23,24)(H,25,26)/p-2/b18-11+. The lowest BCUT2D eigenvalue weighted by atomic mass is 10.1. The molecule has 0 atom stereocenters. The summed E-state index contributed by atoms with van der Waals surface area (Å²) in [4.78, 5) is 26.9. The van der Waals surface area contributed by atoms with Gasteiger partial charge < -0.3 is 28.6 Å². The van der Waals surface area contributed by atoms with Crippen LogP contribution in [-0.4, -0.2) is 16.9 Å². The SMILES string of the molecule is O=C([O-])/C(=C\c1ccc(-c2ccccc2C(=O)[O-])o1)Sc1nc2ccccc2o1. The third kappa shape index (κ3) is 3.92. The Hall–Kier alpha value is -3.78. The number of aliphatic carboxylic acids is 1. The average Bonchev–Trinajstić information content (AvgIpc) is 3.33. The molecule has 2 heterocycles. The zero-order chi connectivity index (χ0) is 20.4. The number of carbonyl (C=O) groups excluding carboxylic acids is 2. The van der Waals surface area contributed by atoms with Crippen LogP contribution >= 0.6 is 11.8 Å². The Balaban J connectivity index is 1.65. The molecule has 29 heavy (non-hydrogen) atoms. The van der Waals surface area contributed by atoms with Gasteiger partial charge in [-0.3, -0.25) is 0 Å². The molecule has 0 saturated carbocycles. The number of para-hydroxylation sites is 2. The highest BCUT2D eigenvalue weighted by Crippen LogP contribution is 2.32. The van der Waals surface area contributed by atoms with E-state index in [4.69, 9.17) is 8.83 Å². The van der Waals surface area contributed by atoms with Gasteiger partial charge in [0.15, 0.2) is 5.58 Å². The lowest BCUT2D eigenvalue weighted by Crippen LogP contribution is -2.23. The van der Waals surface area contributed by atoms with Crippen LogP contribution in [-0.2, 0) is 4.79 Å². The number of rotatable bonds is 6. The van der Waals surface area contributed by atoms with Crippen LogP contribution in [0.3, 0.4) is 0 Å². The van der Waals surface area contributed by atoms with Gasteiger partial charge in [0.05, 0.1) is 11.9 Å². The Bertz CT molecular complexity index is 1220. The van der Waals surface area contributed by atoms with Gasteiger partial charge in [0.2, 0.25) is 0 Å². The molecule has 0 N–H and O–H groups in total. The second-order valence-electron chi connectivity index (χ2n) is 5.88. The van der Waals surface area contributed by atoms with Crippen LogP contribution in [0.2, 0.25) is 0 Å². The van der Waals surface area contributed by atoms with Crippen LogP contribution in [0.5, 0.6) is 0 Å². The molecule has 0 amide bonds. The maximum absolute atomic E-state index is 11.5. The molecule has 0 aliphatic rings. The molecule has 4 rings (SSSR count). The summed E-state index contributed by atoms with van der Waals surface area (Å²) in [5, 5.41) is 23.0. The number of nitrogens with zero attached hydrogens (tertiary/aromatic N) is 1. The molecule has 8 heteroatoms. The maximum atomic E-state index is 11.5. The Morgan fingerprint density at radius 2 is 1.69 bits per heavy atom. The molecule has 0 saturated heterocycles. The first-order chi connectivity index (χ1) is 14.0. The number of aromatic nitrogens is 1. The number of carboxylic acids is 2. The molecule has 4 aromatic rings. The van der Waals surface area contributed by atoms with Gasteiger partial charge in [-0.1, -0.05) is 36.4 Å². The molecular formula is C21H11NO6S-2.